The van der Waals surface area contributed by atoms with Crippen LogP contribution in [0.4, 0.5) is 5.82 Å². The topological polar surface area (TPSA) is 66.0 Å². The summed E-state index contributed by atoms with van der Waals surface area (Å²) in [5, 5.41) is 6.83. The Morgan fingerprint density at radius 3 is 3.03 bits per heavy atom. The predicted molar refractivity (Wildman–Crippen MR) is 127 cm³/mol. The molecule has 0 fully saturated rings. The summed E-state index contributed by atoms with van der Waals surface area (Å²) in [5.41, 5.74) is 7.15. The molecule has 1 aliphatic carbocycles. The van der Waals surface area contributed by atoms with Gasteiger partial charge in [-0.2, -0.15) is 5.10 Å². The Bertz CT molecular complexity index is 1230. The van der Waals surface area contributed by atoms with Gasteiger partial charge in [-0.15, -0.1) is 11.3 Å². The molecule has 0 bridgehead atoms. The zero-order valence-electron chi connectivity index (χ0n) is 17.7. The molecule has 0 saturated carbocycles. The largest absolute Gasteiger partial charge is 0.361 e. The second-order valence-electron chi connectivity index (χ2n) is 8.85. The number of fused-ring (bicyclic) bond motifs is 4. The van der Waals surface area contributed by atoms with Crippen LogP contribution < -0.4 is 5.43 Å². The van der Waals surface area contributed by atoms with Gasteiger partial charge in [0, 0.05) is 27.5 Å². The van der Waals surface area contributed by atoms with Gasteiger partial charge in [-0.3, -0.25) is 5.43 Å². The zero-order chi connectivity index (χ0) is 20.7. The quantitative estimate of drug-likeness (QED) is 0.302. The zero-order valence-corrected chi connectivity index (χ0v) is 18.5. The summed E-state index contributed by atoms with van der Waals surface area (Å²) in [6.45, 7) is 7.10. The van der Waals surface area contributed by atoms with Gasteiger partial charge < -0.3 is 4.98 Å². The van der Waals surface area contributed by atoms with E-state index in [4.69, 9.17) is 0 Å². The van der Waals surface area contributed by atoms with E-state index in [2.05, 4.69) is 58.4 Å². The number of nitrogens with zero attached hydrogens (tertiary/aromatic N) is 3. The molecule has 0 saturated heterocycles. The van der Waals surface area contributed by atoms with Crippen molar-refractivity contribution in [1.82, 2.24) is 15.0 Å². The van der Waals surface area contributed by atoms with E-state index < -0.39 is 0 Å². The third-order valence-corrected chi connectivity index (χ3v) is 8.05. The molecule has 0 aliphatic heterocycles. The fourth-order valence-electron chi connectivity index (χ4n) is 4.51. The van der Waals surface area contributed by atoms with Gasteiger partial charge in [-0.25, -0.2) is 9.97 Å². The van der Waals surface area contributed by atoms with E-state index in [0.717, 1.165) is 45.3 Å². The molecule has 6 heteroatoms. The molecule has 1 atom stereocenters. The average Bonchev–Trinajstić information content (AvgIpc) is 3.35. The molecule has 0 amide bonds. The lowest BCUT2D eigenvalue weighted by atomic mass is 9.69. The summed E-state index contributed by atoms with van der Waals surface area (Å²) in [6.07, 6.45) is 10.2. The van der Waals surface area contributed by atoms with Crippen molar-refractivity contribution < 1.29 is 0 Å². The van der Waals surface area contributed by atoms with E-state index in [1.807, 2.05) is 35.9 Å². The van der Waals surface area contributed by atoms with Crippen LogP contribution in [0.2, 0.25) is 0 Å². The highest BCUT2D eigenvalue weighted by molar-refractivity contribution is 7.19. The molecule has 3 heterocycles. The Morgan fingerprint density at radius 2 is 2.17 bits per heavy atom. The molecule has 3 aromatic heterocycles. The Hall–Kier alpha value is -2.73. The van der Waals surface area contributed by atoms with Crippen LogP contribution in [0.1, 0.15) is 49.6 Å². The van der Waals surface area contributed by atoms with E-state index in [9.17, 15) is 0 Å². The van der Waals surface area contributed by atoms with Crippen LogP contribution in [0.25, 0.3) is 21.1 Å². The Labute approximate surface area is 180 Å². The van der Waals surface area contributed by atoms with Crippen molar-refractivity contribution in [3.63, 3.8) is 0 Å². The number of hydrogen-bond donors (Lipinski definition) is 2. The fraction of sp³-hybridized carbons (Fsp3) is 0.375. The van der Waals surface area contributed by atoms with Crippen LogP contribution in [0.5, 0.6) is 0 Å². The summed E-state index contributed by atoms with van der Waals surface area (Å²) in [5.74, 6) is 1.50. The summed E-state index contributed by atoms with van der Waals surface area (Å²) < 4.78 is 0. The number of thiophene rings is 1. The molecule has 1 aliphatic rings. The SMILES string of the molecule is CCC(C)(C)C1CCc2sc3ncnc(N/N=C/c4c[nH]c5ccccc45)c3c2C1. The van der Waals surface area contributed by atoms with Gasteiger partial charge in [0.05, 0.1) is 11.6 Å². The highest BCUT2D eigenvalue weighted by atomic mass is 32.1. The smallest absolute Gasteiger partial charge is 0.158 e. The predicted octanol–water partition coefficient (Wildman–Crippen LogP) is 6.16. The lowest BCUT2D eigenvalue weighted by Crippen LogP contribution is -2.28. The van der Waals surface area contributed by atoms with Crippen LogP contribution in [-0.2, 0) is 12.8 Å². The molecular weight excluding hydrogens is 390 g/mol. The van der Waals surface area contributed by atoms with Gasteiger partial charge in [0.1, 0.15) is 11.2 Å². The first kappa shape index (κ1) is 19.2. The molecular formula is C24H27N5S. The van der Waals surface area contributed by atoms with Gasteiger partial charge in [-0.1, -0.05) is 45.4 Å². The highest BCUT2D eigenvalue weighted by Crippen LogP contribution is 2.45. The first-order valence-electron chi connectivity index (χ1n) is 10.7. The molecule has 0 spiro atoms. The molecule has 2 N–H and O–H groups in total. The molecule has 4 aromatic rings. The standard InChI is InChI=1S/C24H27N5S/c1-4-24(2,3)16-9-10-20-18(11-16)21-22(26-14-27-23(21)30-20)29-28-13-15-12-25-19-8-6-5-7-17(15)19/h5-8,12-14,16,25H,4,9-11H2,1-3H3,(H,26,27,29)/b28-13+. The van der Waals surface area contributed by atoms with E-state index in [0.29, 0.717) is 11.3 Å². The molecule has 30 heavy (non-hydrogen) atoms. The van der Waals surface area contributed by atoms with Crippen molar-refractivity contribution >= 4 is 44.5 Å². The maximum Gasteiger partial charge on any atom is 0.158 e. The van der Waals surface area contributed by atoms with Crippen LogP contribution in [-0.4, -0.2) is 21.2 Å². The fourth-order valence-corrected chi connectivity index (χ4v) is 5.70. The van der Waals surface area contributed by atoms with Gasteiger partial charge in [0.25, 0.3) is 0 Å². The van der Waals surface area contributed by atoms with E-state index in [1.165, 1.54) is 23.3 Å². The number of aromatic amines is 1. The maximum absolute atomic E-state index is 4.56. The number of hydrogen-bond acceptors (Lipinski definition) is 5. The van der Waals surface area contributed by atoms with Crippen molar-refractivity contribution in [1.29, 1.82) is 0 Å². The molecule has 5 rings (SSSR count). The van der Waals surface area contributed by atoms with Crippen molar-refractivity contribution in [3.05, 3.63) is 52.8 Å². The summed E-state index contributed by atoms with van der Waals surface area (Å²) in [4.78, 5) is 14.9. The minimum atomic E-state index is 0.350. The summed E-state index contributed by atoms with van der Waals surface area (Å²) in [7, 11) is 0. The number of hydrazone groups is 1. The molecule has 154 valence electrons. The lowest BCUT2D eigenvalue weighted by Gasteiger charge is -2.36. The van der Waals surface area contributed by atoms with Gasteiger partial charge in [0.15, 0.2) is 5.82 Å². The van der Waals surface area contributed by atoms with E-state index in [1.54, 1.807) is 6.33 Å². The number of H-pyrrole nitrogens is 1. The third kappa shape index (κ3) is 3.29. The monoisotopic (exact) mass is 417 g/mol. The number of aryl methyl sites for hydroxylation is 1. The number of anilines is 1. The highest BCUT2D eigenvalue weighted by Gasteiger charge is 2.33. The number of para-hydroxylation sites is 1. The van der Waals surface area contributed by atoms with Crippen molar-refractivity contribution in [2.24, 2.45) is 16.4 Å². The summed E-state index contributed by atoms with van der Waals surface area (Å²) >= 11 is 1.82. The van der Waals surface area contributed by atoms with Crippen LogP contribution in [0.15, 0.2) is 41.9 Å². The molecule has 0 radical (unpaired) electrons. The lowest BCUT2D eigenvalue weighted by molar-refractivity contribution is 0.184. The maximum atomic E-state index is 4.56. The minimum absolute atomic E-state index is 0.350. The van der Waals surface area contributed by atoms with Crippen LogP contribution in [0.3, 0.4) is 0 Å². The Kier molecular flexibility index (Phi) is 4.82. The molecule has 5 nitrogen and oxygen atoms in total. The van der Waals surface area contributed by atoms with Gasteiger partial charge in [0.2, 0.25) is 0 Å². The van der Waals surface area contributed by atoms with Crippen molar-refractivity contribution in [3.8, 4) is 0 Å². The normalized spacial score (nSPS) is 17.1. The van der Waals surface area contributed by atoms with Crippen LogP contribution in [0, 0.1) is 11.3 Å². The average molecular weight is 418 g/mol. The second kappa shape index (κ2) is 7.51. The number of benzene rings is 1. The number of rotatable bonds is 5. The van der Waals surface area contributed by atoms with Crippen LogP contribution >= 0.6 is 11.3 Å². The van der Waals surface area contributed by atoms with E-state index in [-0.39, 0.29) is 0 Å². The first-order chi connectivity index (χ1) is 14.6. The Balaban J connectivity index is 1.46. The summed E-state index contributed by atoms with van der Waals surface area (Å²) in [6, 6.07) is 8.24. The van der Waals surface area contributed by atoms with E-state index >= 15 is 0 Å². The van der Waals surface area contributed by atoms with Crippen molar-refractivity contribution in [2.75, 3.05) is 5.43 Å². The molecule has 1 aromatic carbocycles. The second-order valence-corrected chi connectivity index (χ2v) is 9.93. The first-order valence-corrected chi connectivity index (χ1v) is 11.5. The minimum Gasteiger partial charge on any atom is -0.361 e. The molecule has 1 unspecified atom stereocenters. The number of nitrogens with one attached hydrogen (secondary N) is 2. The van der Waals surface area contributed by atoms with Crippen molar-refractivity contribution in [2.45, 2.75) is 46.5 Å². The van der Waals surface area contributed by atoms with Gasteiger partial charge >= 0.3 is 0 Å². The Morgan fingerprint density at radius 1 is 1.30 bits per heavy atom. The van der Waals surface area contributed by atoms with Gasteiger partial charge in [-0.05, 0) is 42.2 Å². The number of aromatic nitrogens is 3. The third-order valence-electron chi connectivity index (χ3n) is 6.85.